The molecule has 0 radical (unpaired) electrons. The first-order valence-corrected chi connectivity index (χ1v) is 6.25. The molecule has 0 amide bonds. The van der Waals surface area contributed by atoms with Gasteiger partial charge in [-0.1, -0.05) is 32.9 Å². The van der Waals surface area contributed by atoms with Crippen LogP contribution >= 0.6 is 0 Å². The molecular formula is C16H22O. The second-order valence-corrected chi connectivity index (χ2v) is 4.67. The summed E-state index contributed by atoms with van der Waals surface area (Å²) in [7, 11) is 1.72. The Labute approximate surface area is 105 Å². The molecule has 0 bridgehead atoms. The zero-order valence-corrected chi connectivity index (χ0v) is 11.3. The number of methoxy groups -OCH3 is 1. The lowest BCUT2D eigenvalue weighted by atomic mass is 9.90. The lowest BCUT2D eigenvalue weighted by molar-refractivity contribution is 0.407. The Bertz CT molecular complexity index is 398. The number of rotatable bonds is 5. The third-order valence-electron chi connectivity index (χ3n) is 3.20. The van der Waals surface area contributed by atoms with Crippen LogP contribution in [-0.4, -0.2) is 7.11 Å². The Morgan fingerprint density at radius 1 is 1.35 bits per heavy atom. The molecule has 0 spiro atoms. The van der Waals surface area contributed by atoms with E-state index in [2.05, 4.69) is 44.9 Å². The van der Waals surface area contributed by atoms with E-state index >= 15 is 0 Å². The van der Waals surface area contributed by atoms with Gasteiger partial charge in [-0.3, -0.25) is 0 Å². The van der Waals surface area contributed by atoms with Gasteiger partial charge in [-0.2, -0.15) is 0 Å². The molecule has 92 valence electrons. The number of ether oxygens (including phenoxy) is 1. The van der Waals surface area contributed by atoms with Crippen molar-refractivity contribution in [2.24, 2.45) is 0 Å². The van der Waals surface area contributed by atoms with Crippen molar-refractivity contribution in [1.29, 1.82) is 0 Å². The van der Waals surface area contributed by atoms with Crippen LogP contribution in [0.5, 0.6) is 5.75 Å². The summed E-state index contributed by atoms with van der Waals surface area (Å²) in [5.74, 6) is 4.66. The molecule has 0 saturated heterocycles. The van der Waals surface area contributed by atoms with Crippen LogP contribution in [0.3, 0.4) is 0 Å². The molecule has 1 aromatic carbocycles. The molecule has 0 aliphatic heterocycles. The quantitative estimate of drug-likeness (QED) is 0.684. The maximum atomic E-state index is 5.42. The van der Waals surface area contributed by atoms with Gasteiger partial charge in [0.15, 0.2) is 0 Å². The van der Waals surface area contributed by atoms with Gasteiger partial charge >= 0.3 is 0 Å². The van der Waals surface area contributed by atoms with Gasteiger partial charge in [-0.25, -0.2) is 0 Å². The van der Waals surface area contributed by atoms with E-state index in [9.17, 15) is 0 Å². The van der Waals surface area contributed by atoms with Crippen LogP contribution in [0.2, 0.25) is 0 Å². The van der Waals surface area contributed by atoms with Crippen LogP contribution in [0, 0.1) is 12.3 Å². The molecule has 0 aromatic heterocycles. The average molecular weight is 230 g/mol. The first-order valence-electron chi connectivity index (χ1n) is 6.25. The Balaban J connectivity index is 3.11. The van der Waals surface area contributed by atoms with Crippen molar-refractivity contribution < 1.29 is 4.74 Å². The van der Waals surface area contributed by atoms with Gasteiger partial charge in [-0.05, 0) is 35.4 Å². The zero-order valence-electron chi connectivity index (χ0n) is 11.3. The third-order valence-corrected chi connectivity index (χ3v) is 3.20. The van der Waals surface area contributed by atoms with Gasteiger partial charge < -0.3 is 4.74 Å². The summed E-state index contributed by atoms with van der Waals surface area (Å²) in [5.41, 5.74) is 2.59. The van der Waals surface area contributed by atoms with Crippen molar-refractivity contribution in [1.82, 2.24) is 0 Å². The van der Waals surface area contributed by atoms with Crippen LogP contribution in [0.25, 0.3) is 0 Å². The highest BCUT2D eigenvalue weighted by molar-refractivity contribution is 5.40. The van der Waals surface area contributed by atoms with E-state index in [1.807, 2.05) is 0 Å². The van der Waals surface area contributed by atoms with Crippen LogP contribution in [0.1, 0.15) is 56.6 Å². The van der Waals surface area contributed by atoms with E-state index in [-0.39, 0.29) is 0 Å². The minimum absolute atomic E-state index is 0.461. The molecule has 0 aliphatic rings. The summed E-state index contributed by atoms with van der Waals surface area (Å²) >= 11 is 0. The van der Waals surface area contributed by atoms with Gasteiger partial charge in [0.2, 0.25) is 0 Å². The number of terminal acetylenes is 1. The molecule has 0 fully saturated rings. The number of benzene rings is 1. The Hall–Kier alpha value is -1.42. The van der Waals surface area contributed by atoms with E-state index in [1.54, 1.807) is 7.11 Å². The molecule has 1 atom stereocenters. The normalized spacial score (nSPS) is 12.2. The van der Waals surface area contributed by atoms with Gasteiger partial charge in [-0.15, -0.1) is 12.3 Å². The van der Waals surface area contributed by atoms with Crippen molar-refractivity contribution in [3.8, 4) is 18.1 Å². The Morgan fingerprint density at radius 2 is 2.06 bits per heavy atom. The number of hydrogen-bond acceptors (Lipinski definition) is 1. The van der Waals surface area contributed by atoms with Crippen molar-refractivity contribution >= 4 is 0 Å². The molecule has 1 rings (SSSR count). The fourth-order valence-corrected chi connectivity index (χ4v) is 2.10. The fourth-order valence-electron chi connectivity index (χ4n) is 2.10. The third kappa shape index (κ3) is 3.27. The van der Waals surface area contributed by atoms with Gasteiger partial charge in [0.25, 0.3) is 0 Å². The first-order chi connectivity index (χ1) is 8.13. The molecule has 1 heteroatoms. The molecule has 1 nitrogen and oxygen atoms in total. The number of hydrogen-bond donors (Lipinski definition) is 0. The summed E-state index contributed by atoms with van der Waals surface area (Å²) in [6.45, 7) is 6.55. The molecule has 17 heavy (non-hydrogen) atoms. The molecule has 1 aromatic rings. The second kappa shape index (κ2) is 6.35. The fraction of sp³-hybridized carbons (Fsp3) is 0.500. The molecule has 0 saturated carbocycles. The molecule has 0 heterocycles. The highest BCUT2D eigenvalue weighted by atomic mass is 16.5. The lowest BCUT2D eigenvalue weighted by Crippen LogP contribution is -2.00. The average Bonchev–Trinajstić information content (AvgIpc) is 2.35. The maximum absolute atomic E-state index is 5.42. The topological polar surface area (TPSA) is 9.23 Å². The van der Waals surface area contributed by atoms with Crippen molar-refractivity contribution in [3.63, 3.8) is 0 Å². The maximum Gasteiger partial charge on any atom is 0.122 e. The van der Waals surface area contributed by atoms with Crippen molar-refractivity contribution in [2.45, 2.75) is 45.4 Å². The molecule has 0 N–H and O–H groups in total. The SMILES string of the molecule is C#CCC(CC)c1ccc(OC)c(C(C)C)c1. The highest BCUT2D eigenvalue weighted by Crippen LogP contribution is 2.32. The van der Waals surface area contributed by atoms with Gasteiger partial charge in [0.1, 0.15) is 5.75 Å². The first kappa shape index (κ1) is 13.6. The van der Waals surface area contributed by atoms with Gasteiger partial charge in [0.05, 0.1) is 7.11 Å². The summed E-state index contributed by atoms with van der Waals surface area (Å²) in [6, 6.07) is 6.44. The van der Waals surface area contributed by atoms with E-state index < -0.39 is 0 Å². The van der Waals surface area contributed by atoms with Crippen molar-refractivity contribution in [3.05, 3.63) is 29.3 Å². The van der Waals surface area contributed by atoms with Crippen LogP contribution in [0.15, 0.2) is 18.2 Å². The minimum atomic E-state index is 0.461. The van der Waals surface area contributed by atoms with Crippen LogP contribution < -0.4 is 4.74 Å². The van der Waals surface area contributed by atoms with Crippen LogP contribution in [-0.2, 0) is 0 Å². The smallest absolute Gasteiger partial charge is 0.122 e. The second-order valence-electron chi connectivity index (χ2n) is 4.67. The van der Waals surface area contributed by atoms with Crippen molar-refractivity contribution in [2.75, 3.05) is 7.11 Å². The molecular weight excluding hydrogens is 208 g/mol. The predicted molar refractivity (Wildman–Crippen MR) is 73.6 cm³/mol. The molecule has 0 aliphatic carbocycles. The van der Waals surface area contributed by atoms with E-state index in [0.29, 0.717) is 11.8 Å². The molecule has 1 unspecified atom stereocenters. The monoisotopic (exact) mass is 230 g/mol. The summed E-state index contributed by atoms with van der Waals surface area (Å²) < 4.78 is 5.39. The standard InChI is InChI=1S/C16H22O/c1-6-8-13(7-2)14-9-10-16(17-5)15(11-14)12(3)4/h1,9-13H,7-8H2,2-5H3. The van der Waals surface area contributed by atoms with E-state index in [0.717, 1.165) is 18.6 Å². The van der Waals surface area contributed by atoms with E-state index in [4.69, 9.17) is 11.2 Å². The minimum Gasteiger partial charge on any atom is -0.496 e. The lowest BCUT2D eigenvalue weighted by Gasteiger charge is -2.17. The zero-order chi connectivity index (χ0) is 12.8. The summed E-state index contributed by atoms with van der Waals surface area (Å²) in [6.07, 6.45) is 7.30. The van der Waals surface area contributed by atoms with E-state index in [1.165, 1.54) is 11.1 Å². The highest BCUT2D eigenvalue weighted by Gasteiger charge is 2.13. The van der Waals surface area contributed by atoms with Gasteiger partial charge in [0, 0.05) is 6.42 Å². The summed E-state index contributed by atoms with van der Waals surface area (Å²) in [5, 5.41) is 0. The Morgan fingerprint density at radius 3 is 2.53 bits per heavy atom. The largest absolute Gasteiger partial charge is 0.496 e. The Kier molecular flexibility index (Phi) is 5.10. The predicted octanol–water partition coefficient (Wildman–Crippen LogP) is 4.34. The summed E-state index contributed by atoms with van der Waals surface area (Å²) in [4.78, 5) is 0. The van der Waals surface area contributed by atoms with Crippen LogP contribution in [0.4, 0.5) is 0 Å².